The Morgan fingerprint density at radius 1 is 1.11 bits per heavy atom. The molecule has 1 amide bonds. The number of carbonyl (C=O) groups excluding carboxylic acids is 1. The quantitative estimate of drug-likeness (QED) is 0.396. The van der Waals surface area contributed by atoms with Gasteiger partial charge in [-0.3, -0.25) is 14.7 Å². The van der Waals surface area contributed by atoms with Crippen molar-refractivity contribution in [3.05, 3.63) is 70.7 Å². The summed E-state index contributed by atoms with van der Waals surface area (Å²) in [7, 11) is 0. The van der Waals surface area contributed by atoms with Crippen molar-refractivity contribution in [1.82, 2.24) is 14.8 Å². The van der Waals surface area contributed by atoms with Crippen molar-refractivity contribution in [3.63, 3.8) is 0 Å². The molecule has 0 aliphatic carbocycles. The van der Waals surface area contributed by atoms with Crippen LogP contribution in [0, 0.1) is 0 Å². The average molecular weight is 398 g/mol. The third kappa shape index (κ3) is 4.09. The number of fused-ring (bicyclic) bond motifs is 1. The summed E-state index contributed by atoms with van der Waals surface area (Å²) in [6.45, 7) is -0.151. The third-order valence-electron chi connectivity index (χ3n) is 3.73. The van der Waals surface area contributed by atoms with E-state index in [1.807, 2.05) is 30.3 Å². The monoisotopic (exact) mass is 398 g/mol. The number of hydrogen-bond acceptors (Lipinski definition) is 7. The molecular weight excluding hydrogens is 384 g/mol. The van der Waals surface area contributed by atoms with E-state index >= 15 is 0 Å². The molecule has 2 heterocycles. The van der Waals surface area contributed by atoms with Crippen molar-refractivity contribution < 1.29 is 9.21 Å². The van der Waals surface area contributed by atoms with Crippen LogP contribution in [0.25, 0.3) is 11.1 Å². The molecule has 7 nitrogen and oxygen atoms in total. The number of benzene rings is 2. The van der Waals surface area contributed by atoms with Gasteiger partial charge in [-0.15, -0.1) is 10.2 Å². The third-order valence-corrected chi connectivity index (χ3v) is 5.78. The van der Waals surface area contributed by atoms with Crippen LogP contribution in [0.3, 0.4) is 0 Å². The van der Waals surface area contributed by atoms with Crippen LogP contribution >= 0.6 is 23.1 Å². The smallest absolute Gasteiger partial charge is 0.408 e. The van der Waals surface area contributed by atoms with Crippen LogP contribution < -0.4 is 11.1 Å². The van der Waals surface area contributed by atoms with E-state index in [9.17, 15) is 9.59 Å². The van der Waals surface area contributed by atoms with Crippen LogP contribution in [-0.2, 0) is 17.1 Å². The Morgan fingerprint density at radius 2 is 1.89 bits per heavy atom. The van der Waals surface area contributed by atoms with Crippen molar-refractivity contribution in [3.8, 4) is 0 Å². The van der Waals surface area contributed by atoms with Gasteiger partial charge in [0.15, 0.2) is 9.92 Å². The molecule has 1 N–H and O–H groups in total. The molecule has 0 aliphatic heterocycles. The second kappa shape index (κ2) is 7.77. The van der Waals surface area contributed by atoms with Gasteiger partial charge in [-0.1, -0.05) is 65.6 Å². The highest BCUT2D eigenvalue weighted by Gasteiger charge is 2.14. The zero-order valence-corrected chi connectivity index (χ0v) is 15.6. The van der Waals surface area contributed by atoms with Crippen LogP contribution in [0.2, 0.25) is 0 Å². The lowest BCUT2D eigenvalue weighted by Gasteiger charge is -2.02. The summed E-state index contributed by atoms with van der Waals surface area (Å²) in [4.78, 5) is 24.2. The topological polar surface area (TPSA) is 90.0 Å². The van der Waals surface area contributed by atoms with Crippen molar-refractivity contribution in [2.45, 2.75) is 16.6 Å². The molecule has 9 heteroatoms. The molecule has 0 saturated carbocycles. The maximum absolute atomic E-state index is 12.3. The summed E-state index contributed by atoms with van der Waals surface area (Å²) in [6.07, 6.45) is 0. The number of oxazole rings is 1. The van der Waals surface area contributed by atoms with Crippen molar-refractivity contribution in [1.29, 1.82) is 0 Å². The first-order chi connectivity index (χ1) is 13.2. The van der Waals surface area contributed by atoms with Gasteiger partial charge in [0.05, 0.1) is 5.52 Å². The fraction of sp³-hybridized carbons (Fsp3) is 0.111. The predicted molar refractivity (Wildman–Crippen MR) is 105 cm³/mol. The molecular formula is C18H14N4O3S2. The summed E-state index contributed by atoms with van der Waals surface area (Å²) >= 11 is 2.85. The Morgan fingerprint density at radius 3 is 2.74 bits per heavy atom. The van der Waals surface area contributed by atoms with E-state index in [2.05, 4.69) is 15.5 Å². The second-order valence-electron chi connectivity index (χ2n) is 5.62. The van der Waals surface area contributed by atoms with Crippen molar-refractivity contribution >= 4 is 45.2 Å². The summed E-state index contributed by atoms with van der Waals surface area (Å²) in [5.74, 6) is -0.151. The SMILES string of the molecule is O=C(Cn1c(=O)oc2ccccc21)Nc1nnc(SCc2ccccc2)s1. The van der Waals surface area contributed by atoms with E-state index in [4.69, 9.17) is 4.42 Å². The van der Waals surface area contributed by atoms with Crippen LogP contribution in [0.5, 0.6) is 0 Å². The van der Waals surface area contributed by atoms with Crippen LogP contribution in [-0.4, -0.2) is 20.7 Å². The fourth-order valence-corrected chi connectivity index (χ4v) is 4.23. The average Bonchev–Trinajstić information content (AvgIpc) is 3.25. The number of para-hydroxylation sites is 2. The van der Waals surface area contributed by atoms with Gasteiger partial charge in [0.25, 0.3) is 0 Å². The lowest BCUT2D eigenvalue weighted by molar-refractivity contribution is -0.116. The van der Waals surface area contributed by atoms with Crippen LogP contribution in [0.15, 0.2) is 68.1 Å². The molecule has 2 aromatic heterocycles. The molecule has 2 aromatic carbocycles. The highest BCUT2D eigenvalue weighted by molar-refractivity contribution is 8.00. The summed E-state index contributed by atoms with van der Waals surface area (Å²) in [5, 5.41) is 11.1. The Kier molecular flexibility index (Phi) is 5.03. The molecule has 27 heavy (non-hydrogen) atoms. The minimum atomic E-state index is -0.567. The van der Waals surface area contributed by atoms with E-state index < -0.39 is 5.76 Å². The number of thioether (sulfide) groups is 1. The van der Waals surface area contributed by atoms with Gasteiger partial charge in [0.2, 0.25) is 11.0 Å². The maximum Gasteiger partial charge on any atom is 0.420 e. The largest absolute Gasteiger partial charge is 0.420 e. The number of carbonyl (C=O) groups is 1. The summed E-state index contributed by atoms with van der Waals surface area (Å²) in [5.41, 5.74) is 2.22. The van der Waals surface area contributed by atoms with E-state index in [1.54, 1.807) is 36.0 Å². The predicted octanol–water partition coefficient (Wildman–Crippen LogP) is 3.38. The van der Waals surface area contributed by atoms with Crippen LogP contribution in [0.4, 0.5) is 5.13 Å². The van der Waals surface area contributed by atoms with Gasteiger partial charge in [0.1, 0.15) is 6.54 Å². The second-order valence-corrected chi connectivity index (χ2v) is 7.82. The van der Waals surface area contributed by atoms with E-state index in [-0.39, 0.29) is 12.5 Å². The van der Waals surface area contributed by atoms with Gasteiger partial charge in [-0.2, -0.15) is 0 Å². The zero-order chi connectivity index (χ0) is 18.6. The Hall–Kier alpha value is -2.91. The molecule has 0 bridgehead atoms. The van der Waals surface area contributed by atoms with Gasteiger partial charge in [0, 0.05) is 5.75 Å². The molecule has 0 saturated heterocycles. The van der Waals surface area contributed by atoms with Gasteiger partial charge in [-0.25, -0.2) is 4.79 Å². The number of anilines is 1. The van der Waals surface area contributed by atoms with Gasteiger partial charge >= 0.3 is 5.76 Å². The number of nitrogens with zero attached hydrogens (tertiary/aromatic N) is 3. The molecule has 0 unspecified atom stereocenters. The van der Waals surface area contributed by atoms with Crippen molar-refractivity contribution in [2.75, 3.05) is 5.32 Å². The van der Waals surface area contributed by atoms with Gasteiger partial charge < -0.3 is 4.42 Å². The normalized spacial score (nSPS) is 11.0. The molecule has 4 aromatic rings. The summed E-state index contributed by atoms with van der Waals surface area (Å²) in [6, 6.07) is 17.0. The molecule has 0 spiro atoms. The molecule has 0 aliphatic rings. The minimum absolute atomic E-state index is 0.151. The molecule has 0 atom stereocenters. The lowest BCUT2D eigenvalue weighted by atomic mass is 10.2. The fourth-order valence-electron chi connectivity index (χ4n) is 2.50. The number of aromatic nitrogens is 3. The van der Waals surface area contributed by atoms with E-state index in [0.717, 1.165) is 10.1 Å². The Bertz CT molecular complexity index is 1130. The first kappa shape index (κ1) is 17.5. The maximum atomic E-state index is 12.3. The molecule has 136 valence electrons. The highest BCUT2D eigenvalue weighted by atomic mass is 32.2. The first-order valence-electron chi connectivity index (χ1n) is 8.07. The summed E-state index contributed by atoms with van der Waals surface area (Å²) < 4.78 is 7.18. The molecule has 0 radical (unpaired) electrons. The number of nitrogens with one attached hydrogen (secondary N) is 1. The molecule has 4 rings (SSSR count). The zero-order valence-electron chi connectivity index (χ0n) is 14.0. The number of hydrogen-bond donors (Lipinski definition) is 1. The minimum Gasteiger partial charge on any atom is -0.408 e. The van der Waals surface area contributed by atoms with E-state index in [1.165, 1.54) is 21.5 Å². The number of amides is 1. The highest BCUT2D eigenvalue weighted by Crippen LogP contribution is 2.28. The Balaban J connectivity index is 1.39. The van der Waals surface area contributed by atoms with Crippen molar-refractivity contribution in [2.24, 2.45) is 0 Å². The first-order valence-corrected chi connectivity index (χ1v) is 9.88. The van der Waals surface area contributed by atoms with E-state index in [0.29, 0.717) is 16.2 Å². The number of rotatable bonds is 6. The standard InChI is InChI=1S/C18H14N4O3S2/c23-15(10-22-13-8-4-5-9-14(13)25-18(22)24)19-16-20-21-17(27-16)26-11-12-6-2-1-3-7-12/h1-9H,10-11H2,(H,19,20,23). The Labute approximate surface area is 162 Å². The molecule has 0 fully saturated rings. The van der Waals surface area contributed by atoms with Crippen LogP contribution in [0.1, 0.15) is 5.56 Å². The lowest BCUT2D eigenvalue weighted by Crippen LogP contribution is -2.24. The van der Waals surface area contributed by atoms with Gasteiger partial charge in [-0.05, 0) is 17.7 Å².